The molecule has 0 spiro atoms. The molecule has 2 aromatic heterocycles. The lowest BCUT2D eigenvalue weighted by Crippen LogP contribution is -2.05. The van der Waals surface area contributed by atoms with Crippen LogP contribution in [0, 0.1) is 6.92 Å². The number of esters is 1. The van der Waals surface area contributed by atoms with Gasteiger partial charge in [0.1, 0.15) is 11.4 Å². The van der Waals surface area contributed by atoms with E-state index < -0.39 is 0 Å². The van der Waals surface area contributed by atoms with Gasteiger partial charge in [0, 0.05) is 6.04 Å². The summed E-state index contributed by atoms with van der Waals surface area (Å²) in [5.41, 5.74) is 1.66. The van der Waals surface area contributed by atoms with Gasteiger partial charge in [0.25, 0.3) is 11.1 Å². The van der Waals surface area contributed by atoms with Crippen LogP contribution in [0.5, 0.6) is 0 Å². The van der Waals surface area contributed by atoms with E-state index in [2.05, 4.69) is 20.0 Å². The molecule has 0 saturated carbocycles. The molecule has 2 aromatic rings. The third-order valence-corrected chi connectivity index (χ3v) is 3.31. The Morgan fingerprint density at radius 1 is 1.50 bits per heavy atom. The standard InChI is InChI=1S/C12H16N4O3S/c1-7(2)16-9(5-8(3)15-16)11-13-14-12(19-11)20-6-10(17)18-4/h5,7H,6H2,1-4H3. The third-order valence-electron chi connectivity index (χ3n) is 2.51. The topological polar surface area (TPSA) is 83.0 Å². The van der Waals surface area contributed by atoms with Gasteiger partial charge in [0.2, 0.25) is 0 Å². The molecule has 0 N–H and O–H groups in total. The molecule has 108 valence electrons. The first-order valence-corrected chi connectivity index (χ1v) is 7.09. The highest BCUT2D eigenvalue weighted by Crippen LogP contribution is 2.25. The Labute approximate surface area is 120 Å². The number of carbonyl (C=O) groups is 1. The molecule has 2 rings (SSSR count). The van der Waals surface area contributed by atoms with Crippen LogP contribution in [-0.2, 0) is 9.53 Å². The summed E-state index contributed by atoms with van der Waals surface area (Å²) < 4.78 is 11.9. The fraction of sp³-hybridized carbons (Fsp3) is 0.500. The largest absolute Gasteiger partial charge is 0.468 e. The molecule has 2 heterocycles. The first-order chi connectivity index (χ1) is 9.51. The lowest BCUT2D eigenvalue weighted by atomic mass is 10.3. The van der Waals surface area contributed by atoms with E-state index in [1.807, 2.05) is 31.5 Å². The Kier molecular flexibility index (Phi) is 4.43. The summed E-state index contributed by atoms with van der Waals surface area (Å²) in [4.78, 5) is 11.1. The average molecular weight is 296 g/mol. The van der Waals surface area contributed by atoms with Crippen LogP contribution < -0.4 is 0 Å². The number of aryl methyl sites for hydroxylation is 1. The summed E-state index contributed by atoms with van der Waals surface area (Å²) in [6.45, 7) is 5.96. The highest BCUT2D eigenvalue weighted by Gasteiger charge is 2.17. The number of thioether (sulfide) groups is 1. The molecular formula is C12H16N4O3S. The monoisotopic (exact) mass is 296 g/mol. The normalized spacial score (nSPS) is 11.1. The number of hydrogen-bond acceptors (Lipinski definition) is 7. The third kappa shape index (κ3) is 3.19. The van der Waals surface area contributed by atoms with Gasteiger partial charge >= 0.3 is 5.97 Å². The van der Waals surface area contributed by atoms with Crippen LogP contribution in [-0.4, -0.2) is 38.8 Å². The Hall–Kier alpha value is -1.83. The smallest absolute Gasteiger partial charge is 0.316 e. The average Bonchev–Trinajstić information content (AvgIpc) is 3.01. The van der Waals surface area contributed by atoms with E-state index in [1.165, 1.54) is 7.11 Å². The molecule has 0 atom stereocenters. The Balaban J connectivity index is 2.18. The van der Waals surface area contributed by atoms with Gasteiger partial charge in [-0.1, -0.05) is 11.8 Å². The molecule has 0 aliphatic heterocycles. The fourth-order valence-electron chi connectivity index (χ4n) is 1.62. The molecule has 7 nitrogen and oxygen atoms in total. The number of ether oxygens (including phenoxy) is 1. The summed E-state index contributed by atoms with van der Waals surface area (Å²) in [5, 5.41) is 12.6. The quantitative estimate of drug-likeness (QED) is 0.617. The van der Waals surface area contributed by atoms with Crippen molar-refractivity contribution in [2.45, 2.75) is 32.0 Å². The summed E-state index contributed by atoms with van der Waals surface area (Å²) in [5.74, 6) is 0.199. The van der Waals surface area contributed by atoms with Gasteiger partial charge in [-0.25, -0.2) is 0 Å². The number of aromatic nitrogens is 4. The second-order valence-corrected chi connectivity index (χ2v) is 5.37. The maximum Gasteiger partial charge on any atom is 0.316 e. The van der Waals surface area contributed by atoms with Crippen LogP contribution >= 0.6 is 11.8 Å². The molecule has 0 bridgehead atoms. The molecule has 0 unspecified atom stereocenters. The van der Waals surface area contributed by atoms with E-state index in [4.69, 9.17) is 4.42 Å². The molecule has 0 saturated heterocycles. The molecule has 0 aliphatic carbocycles. The Morgan fingerprint density at radius 2 is 2.25 bits per heavy atom. The van der Waals surface area contributed by atoms with Crippen LogP contribution in [0.2, 0.25) is 0 Å². The van der Waals surface area contributed by atoms with Crippen LogP contribution in [0.25, 0.3) is 11.6 Å². The first kappa shape index (κ1) is 14.6. The number of rotatable bonds is 5. The Morgan fingerprint density at radius 3 is 2.90 bits per heavy atom. The van der Waals surface area contributed by atoms with E-state index >= 15 is 0 Å². The highest BCUT2D eigenvalue weighted by atomic mass is 32.2. The van der Waals surface area contributed by atoms with Gasteiger partial charge in [-0.15, -0.1) is 10.2 Å². The maximum atomic E-state index is 11.1. The SMILES string of the molecule is COC(=O)CSc1nnc(-c2cc(C)nn2C(C)C)o1. The van der Waals surface area contributed by atoms with Crippen molar-refractivity contribution < 1.29 is 13.9 Å². The van der Waals surface area contributed by atoms with Crippen molar-refractivity contribution in [3.63, 3.8) is 0 Å². The van der Waals surface area contributed by atoms with Gasteiger partial charge < -0.3 is 9.15 Å². The van der Waals surface area contributed by atoms with Gasteiger partial charge in [0.15, 0.2) is 0 Å². The van der Waals surface area contributed by atoms with E-state index in [1.54, 1.807) is 0 Å². The second kappa shape index (κ2) is 6.08. The molecule has 0 aromatic carbocycles. The van der Waals surface area contributed by atoms with E-state index in [0.717, 1.165) is 23.1 Å². The van der Waals surface area contributed by atoms with Crippen LogP contribution in [0.4, 0.5) is 0 Å². The molecule has 0 amide bonds. The highest BCUT2D eigenvalue weighted by molar-refractivity contribution is 7.99. The lowest BCUT2D eigenvalue weighted by Gasteiger charge is -2.07. The first-order valence-electron chi connectivity index (χ1n) is 6.11. The maximum absolute atomic E-state index is 11.1. The van der Waals surface area contributed by atoms with E-state index in [-0.39, 0.29) is 17.8 Å². The van der Waals surface area contributed by atoms with Crippen molar-refractivity contribution >= 4 is 17.7 Å². The summed E-state index contributed by atoms with van der Waals surface area (Å²) in [6.07, 6.45) is 0. The zero-order valence-corrected chi connectivity index (χ0v) is 12.6. The second-order valence-electron chi connectivity index (χ2n) is 4.45. The van der Waals surface area contributed by atoms with E-state index in [9.17, 15) is 4.79 Å². The van der Waals surface area contributed by atoms with Crippen LogP contribution in [0.1, 0.15) is 25.6 Å². The van der Waals surface area contributed by atoms with Gasteiger partial charge in [-0.2, -0.15) is 5.10 Å². The fourth-order valence-corrected chi connectivity index (χ4v) is 2.22. The zero-order chi connectivity index (χ0) is 14.7. The number of hydrogen-bond donors (Lipinski definition) is 0. The Bertz CT molecular complexity index is 606. The van der Waals surface area contributed by atoms with Crippen LogP contribution in [0.15, 0.2) is 15.7 Å². The van der Waals surface area contributed by atoms with Crippen molar-refractivity contribution in [2.24, 2.45) is 0 Å². The summed E-state index contributed by atoms with van der Waals surface area (Å²) in [6, 6.07) is 2.08. The minimum Gasteiger partial charge on any atom is -0.468 e. The molecule has 0 fully saturated rings. The van der Waals surface area contributed by atoms with Crippen molar-refractivity contribution in [1.29, 1.82) is 0 Å². The molecule has 8 heteroatoms. The van der Waals surface area contributed by atoms with Crippen molar-refractivity contribution in [1.82, 2.24) is 20.0 Å². The number of carbonyl (C=O) groups excluding carboxylic acids is 1. The van der Waals surface area contributed by atoms with Crippen LogP contribution in [0.3, 0.4) is 0 Å². The van der Waals surface area contributed by atoms with E-state index in [0.29, 0.717) is 11.1 Å². The molecule has 0 radical (unpaired) electrons. The van der Waals surface area contributed by atoms with Gasteiger partial charge in [-0.05, 0) is 26.8 Å². The lowest BCUT2D eigenvalue weighted by molar-refractivity contribution is -0.137. The van der Waals surface area contributed by atoms with Crippen molar-refractivity contribution in [2.75, 3.05) is 12.9 Å². The zero-order valence-electron chi connectivity index (χ0n) is 11.8. The number of methoxy groups -OCH3 is 1. The molecule has 20 heavy (non-hydrogen) atoms. The minimum absolute atomic E-state index is 0.139. The van der Waals surface area contributed by atoms with Gasteiger partial charge in [0.05, 0.1) is 12.8 Å². The van der Waals surface area contributed by atoms with Gasteiger partial charge in [-0.3, -0.25) is 9.48 Å². The van der Waals surface area contributed by atoms with Crippen molar-refractivity contribution in [3.8, 4) is 11.6 Å². The summed E-state index contributed by atoms with van der Waals surface area (Å²) in [7, 11) is 1.34. The predicted molar refractivity (Wildman–Crippen MR) is 73.4 cm³/mol. The molecular weight excluding hydrogens is 280 g/mol. The van der Waals surface area contributed by atoms with Crippen molar-refractivity contribution in [3.05, 3.63) is 11.8 Å². The molecule has 0 aliphatic rings. The number of nitrogens with zero attached hydrogens (tertiary/aromatic N) is 4. The minimum atomic E-state index is -0.335. The summed E-state index contributed by atoms with van der Waals surface area (Å²) >= 11 is 1.15. The predicted octanol–water partition coefficient (Wildman–Crippen LogP) is 2.09.